The molecule has 1 atom stereocenters. The smallest absolute Gasteiger partial charge is 0.203 e. The van der Waals surface area contributed by atoms with Crippen molar-refractivity contribution < 1.29 is 18.3 Å². The Hall–Kier alpha value is -1.32. The van der Waals surface area contributed by atoms with E-state index in [0.717, 1.165) is 12.8 Å². The van der Waals surface area contributed by atoms with E-state index in [-0.39, 0.29) is 24.0 Å². The van der Waals surface area contributed by atoms with Crippen molar-refractivity contribution in [2.75, 3.05) is 13.2 Å². The molecule has 0 fully saturated rings. The van der Waals surface area contributed by atoms with E-state index in [4.69, 9.17) is 9.47 Å². The van der Waals surface area contributed by atoms with Crippen molar-refractivity contribution in [2.24, 2.45) is 11.8 Å². The standard InChI is InChI=1S/C16H26F2O2/c1-7-19-13(5)15(17)16(18)14(6)20-10-12(4)9-8-11(2)3/h11-12H,5-10H2,1-4H3/b16-15-. The van der Waals surface area contributed by atoms with E-state index in [1.807, 2.05) is 6.92 Å². The Morgan fingerprint density at radius 3 is 1.90 bits per heavy atom. The molecule has 0 saturated carbocycles. The molecule has 0 aliphatic carbocycles. The lowest BCUT2D eigenvalue weighted by Crippen LogP contribution is -2.07. The van der Waals surface area contributed by atoms with Crippen molar-refractivity contribution in [2.45, 2.75) is 40.5 Å². The Morgan fingerprint density at radius 2 is 1.45 bits per heavy atom. The first-order valence-electron chi connectivity index (χ1n) is 6.98. The first kappa shape index (κ1) is 18.7. The Labute approximate surface area is 121 Å². The van der Waals surface area contributed by atoms with E-state index >= 15 is 0 Å². The van der Waals surface area contributed by atoms with Crippen LogP contribution in [-0.2, 0) is 9.47 Å². The zero-order chi connectivity index (χ0) is 15.7. The van der Waals surface area contributed by atoms with Gasteiger partial charge in [0, 0.05) is 0 Å². The second-order valence-electron chi connectivity index (χ2n) is 5.29. The molecule has 0 aliphatic heterocycles. The summed E-state index contributed by atoms with van der Waals surface area (Å²) in [6, 6.07) is 0. The zero-order valence-corrected chi connectivity index (χ0v) is 13.0. The van der Waals surface area contributed by atoms with Gasteiger partial charge in [-0.25, -0.2) is 0 Å². The quantitative estimate of drug-likeness (QED) is 0.401. The van der Waals surface area contributed by atoms with Crippen molar-refractivity contribution in [1.82, 2.24) is 0 Å². The highest BCUT2D eigenvalue weighted by atomic mass is 19.2. The van der Waals surface area contributed by atoms with Gasteiger partial charge in [0.25, 0.3) is 0 Å². The van der Waals surface area contributed by atoms with Crippen LogP contribution in [0.2, 0.25) is 0 Å². The third-order valence-electron chi connectivity index (χ3n) is 2.78. The van der Waals surface area contributed by atoms with E-state index in [0.29, 0.717) is 12.5 Å². The van der Waals surface area contributed by atoms with E-state index < -0.39 is 11.7 Å². The lowest BCUT2D eigenvalue weighted by Gasteiger charge is -2.15. The monoisotopic (exact) mass is 288 g/mol. The minimum Gasteiger partial charge on any atom is -0.491 e. The van der Waals surface area contributed by atoms with Crippen molar-refractivity contribution in [1.29, 1.82) is 0 Å². The van der Waals surface area contributed by atoms with Gasteiger partial charge in [-0.15, -0.1) is 0 Å². The molecular weight excluding hydrogens is 262 g/mol. The molecule has 0 bridgehead atoms. The summed E-state index contributed by atoms with van der Waals surface area (Å²) in [5.41, 5.74) is 0. The Kier molecular flexibility index (Phi) is 8.93. The molecule has 20 heavy (non-hydrogen) atoms. The van der Waals surface area contributed by atoms with Gasteiger partial charge in [0.05, 0.1) is 13.2 Å². The number of hydrogen-bond acceptors (Lipinski definition) is 2. The number of rotatable bonds is 10. The SMILES string of the molecule is C=C(OCC)/C(F)=C(/F)C(=C)OCC(C)CCC(C)C. The van der Waals surface area contributed by atoms with Gasteiger partial charge in [-0.1, -0.05) is 40.3 Å². The van der Waals surface area contributed by atoms with E-state index in [2.05, 4.69) is 27.0 Å². The summed E-state index contributed by atoms with van der Waals surface area (Å²) >= 11 is 0. The number of allylic oxidation sites excluding steroid dienone is 2. The maximum atomic E-state index is 13.7. The first-order valence-corrected chi connectivity index (χ1v) is 6.98. The largest absolute Gasteiger partial charge is 0.491 e. The van der Waals surface area contributed by atoms with Gasteiger partial charge >= 0.3 is 0 Å². The third-order valence-corrected chi connectivity index (χ3v) is 2.78. The van der Waals surface area contributed by atoms with Crippen LogP contribution in [0.15, 0.2) is 36.3 Å². The average molecular weight is 288 g/mol. The molecule has 0 aliphatic rings. The molecule has 0 radical (unpaired) electrons. The summed E-state index contributed by atoms with van der Waals surface area (Å²) in [5.74, 6) is -2.10. The van der Waals surface area contributed by atoms with Gasteiger partial charge in [0.1, 0.15) is 0 Å². The molecule has 4 heteroatoms. The van der Waals surface area contributed by atoms with E-state index in [9.17, 15) is 8.78 Å². The van der Waals surface area contributed by atoms with Gasteiger partial charge in [-0.2, -0.15) is 8.78 Å². The van der Waals surface area contributed by atoms with E-state index in [1.165, 1.54) is 0 Å². The second kappa shape index (κ2) is 9.56. The van der Waals surface area contributed by atoms with E-state index in [1.54, 1.807) is 6.92 Å². The lowest BCUT2D eigenvalue weighted by atomic mass is 10.0. The average Bonchev–Trinajstić information content (AvgIpc) is 2.40. The molecule has 116 valence electrons. The highest BCUT2D eigenvalue weighted by molar-refractivity contribution is 5.29. The summed E-state index contributed by atoms with van der Waals surface area (Å²) in [4.78, 5) is 0. The molecule has 0 rings (SSSR count). The summed E-state index contributed by atoms with van der Waals surface area (Å²) in [6.45, 7) is 15.2. The van der Waals surface area contributed by atoms with Crippen molar-refractivity contribution in [3.8, 4) is 0 Å². The molecule has 0 heterocycles. The third kappa shape index (κ3) is 7.31. The Balaban J connectivity index is 4.32. The highest BCUT2D eigenvalue weighted by Gasteiger charge is 2.16. The predicted molar refractivity (Wildman–Crippen MR) is 78.3 cm³/mol. The number of hydrogen-bond donors (Lipinski definition) is 0. The predicted octanol–water partition coefficient (Wildman–Crippen LogP) is 5.29. The maximum Gasteiger partial charge on any atom is 0.203 e. The summed E-state index contributed by atoms with van der Waals surface area (Å²) in [6.07, 6.45) is 2.05. The minimum atomic E-state index is -1.16. The number of ether oxygens (including phenoxy) is 2. The normalized spacial score (nSPS) is 13.8. The van der Waals surface area contributed by atoms with Crippen LogP contribution in [0, 0.1) is 11.8 Å². The highest BCUT2D eigenvalue weighted by Crippen LogP contribution is 2.24. The molecular formula is C16H26F2O2. The minimum absolute atomic E-state index is 0.221. The van der Waals surface area contributed by atoms with Gasteiger partial charge in [-0.3, -0.25) is 0 Å². The fourth-order valence-corrected chi connectivity index (χ4v) is 1.49. The number of halogens is 2. The van der Waals surface area contributed by atoms with Crippen molar-refractivity contribution >= 4 is 0 Å². The van der Waals surface area contributed by atoms with Gasteiger partial charge < -0.3 is 9.47 Å². The van der Waals surface area contributed by atoms with Crippen LogP contribution >= 0.6 is 0 Å². The summed E-state index contributed by atoms with van der Waals surface area (Å²) < 4.78 is 37.2. The molecule has 2 nitrogen and oxygen atoms in total. The van der Waals surface area contributed by atoms with Crippen LogP contribution in [0.3, 0.4) is 0 Å². The molecule has 0 spiro atoms. The maximum absolute atomic E-state index is 13.7. The summed E-state index contributed by atoms with van der Waals surface area (Å²) in [7, 11) is 0. The fourth-order valence-electron chi connectivity index (χ4n) is 1.49. The Morgan fingerprint density at radius 1 is 0.950 bits per heavy atom. The van der Waals surface area contributed by atoms with Gasteiger partial charge in [0.15, 0.2) is 11.5 Å². The van der Waals surface area contributed by atoms with Crippen LogP contribution in [0.5, 0.6) is 0 Å². The topological polar surface area (TPSA) is 18.5 Å². The molecule has 0 amide bonds. The fraction of sp³-hybridized carbons (Fsp3) is 0.625. The second-order valence-corrected chi connectivity index (χ2v) is 5.29. The van der Waals surface area contributed by atoms with Gasteiger partial charge in [-0.05, 0) is 25.2 Å². The lowest BCUT2D eigenvalue weighted by molar-refractivity contribution is 0.160. The molecule has 0 N–H and O–H groups in total. The first-order chi connectivity index (χ1) is 9.29. The molecule has 0 aromatic carbocycles. The molecule has 0 aromatic rings. The van der Waals surface area contributed by atoms with Crippen LogP contribution in [0.4, 0.5) is 8.78 Å². The summed E-state index contributed by atoms with van der Waals surface area (Å²) in [5, 5.41) is 0. The van der Waals surface area contributed by atoms with Crippen LogP contribution in [0.1, 0.15) is 40.5 Å². The van der Waals surface area contributed by atoms with Crippen molar-refractivity contribution in [3.05, 3.63) is 36.3 Å². The van der Waals surface area contributed by atoms with Crippen LogP contribution in [-0.4, -0.2) is 13.2 Å². The Bertz CT molecular complexity index is 359. The van der Waals surface area contributed by atoms with Crippen LogP contribution < -0.4 is 0 Å². The molecule has 0 aromatic heterocycles. The zero-order valence-electron chi connectivity index (χ0n) is 13.0. The van der Waals surface area contributed by atoms with Crippen LogP contribution in [0.25, 0.3) is 0 Å². The molecule has 0 saturated heterocycles. The van der Waals surface area contributed by atoms with Gasteiger partial charge in [0.2, 0.25) is 11.7 Å². The van der Waals surface area contributed by atoms with Crippen molar-refractivity contribution in [3.63, 3.8) is 0 Å². The molecule has 1 unspecified atom stereocenters.